The number of carbonyl (C=O) groups excluding carboxylic acids is 2. The molecule has 0 radical (unpaired) electrons. The van der Waals surface area contributed by atoms with Gasteiger partial charge in [0, 0.05) is 24.2 Å². The first kappa shape index (κ1) is 15.8. The molecule has 4 saturated carbocycles. The maximum absolute atomic E-state index is 12.6. The molecule has 0 amide bonds. The van der Waals surface area contributed by atoms with Crippen LogP contribution in [0.3, 0.4) is 0 Å². The molecule has 0 aromatic rings. The zero-order valence-electron chi connectivity index (χ0n) is 15.1. The molecule has 0 bridgehead atoms. The van der Waals surface area contributed by atoms with E-state index in [4.69, 9.17) is 0 Å². The normalized spacial score (nSPS) is 53.3. The molecule has 2 heteroatoms. The van der Waals surface area contributed by atoms with Crippen LogP contribution in [0.5, 0.6) is 0 Å². The van der Waals surface area contributed by atoms with Crippen molar-refractivity contribution < 1.29 is 9.59 Å². The third-order valence-corrected chi connectivity index (χ3v) is 8.91. The third-order valence-electron chi connectivity index (χ3n) is 8.91. The Morgan fingerprint density at radius 1 is 0.870 bits per heavy atom. The lowest BCUT2D eigenvalue weighted by molar-refractivity contribution is -0.162. The summed E-state index contributed by atoms with van der Waals surface area (Å²) in [5.41, 5.74) is 0.316. The van der Waals surface area contributed by atoms with Crippen LogP contribution >= 0.6 is 0 Å². The van der Waals surface area contributed by atoms with E-state index in [0.29, 0.717) is 28.8 Å². The predicted octanol–water partition coefficient (Wildman–Crippen LogP) is 4.80. The van der Waals surface area contributed by atoms with E-state index in [0.717, 1.165) is 43.9 Å². The standard InChI is InChI=1S/C21H32O2/c1-13-15-8-7-14-16-5-4-6-19(23)21(16,3)11-9-17(14)20(15,2)12-10-18(13)22/h13-17H,4-12H2,1-3H3/t13-,14-,15-,16-,17-,20-,21-/m0/s1. The summed E-state index contributed by atoms with van der Waals surface area (Å²) < 4.78 is 0. The van der Waals surface area contributed by atoms with Gasteiger partial charge in [-0.3, -0.25) is 9.59 Å². The second-order valence-electron chi connectivity index (χ2n) is 9.59. The molecule has 0 aromatic heterocycles. The second kappa shape index (κ2) is 5.17. The molecule has 4 aliphatic rings. The van der Waals surface area contributed by atoms with Gasteiger partial charge in [-0.25, -0.2) is 0 Å². The molecule has 0 heterocycles. The summed E-state index contributed by atoms with van der Waals surface area (Å²) in [4.78, 5) is 24.9. The van der Waals surface area contributed by atoms with Gasteiger partial charge >= 0.3 is 0 Å². The highest BCUT2D eigenvalue weighted by Gasteiger charge is 2.60. The van der Waals surface area contributed by atoms with Crippen LogP contribution < -0.4 is 0 Å². The molecular formula is C21H32O2. The molecule has 0 aromatic carbocycles. The van der Waals surface area contributed by atoms with Crippen molar-refractivity contribution in [2.24, 2.45) is 40.4 Å². The Morgan fingerprint density at radius 3 is 2.43 bits per heavy atom. The zero-order valence-corrected chi connectivity index (χ0v) is 15.1. The van der Waals surface area contributed by atoms with Gasteiger partial charge in [0.1, 0.15) is 11.6 Å². The number of rotatable bonds is 0. The average Bonchev–Trinajstić information content (AvgIpc) is 2.52. The number of ketones is 2. The van der Waals surface area contributed by atoms with Gasteiger partial charge in [-0.15, -0.1) is 0 Å². The summed E-state index contributed by atoms with van der Waals surface area (Å²) in [6, 6.07) is 0. The number of carbonyl (C=O) groups is 2. The number of hydrogen-bond acceptors (Lipinski definition) is 2. The van der Waals surface area contributed by atoms with Gasteiger partial charge in [-0.1, -0.05) is 20.8 Å². The minimum Gasteiger partial charge on any atom is -0.299 e. The Hall–Kier alpha value is -0.660. The smallest absolute Gasteiger partial charge is 0.139 e. The van der Waals surface area contributed by atoms with Crippen molar-refractivity contribution in [3.05, 3.63) is 0 Å². The van der Waals surface area contributed by atoms with E-state index in [2.05, 4.69) is 20.8 Å². The van der Waals surface area contributed by atoms with Crippen LogP contribution in [0, 0.1) is 40.4 Å². The summed E-state index contributed by atoms with van der Waals surface area (Å²) in [6.45, 7) is 6.95. The summed E-state index contributed by atoms with van der Waals surface area (Å²) in [5.74, 6) is 4.00. The topological polar surface area (TPSA) is 34.1 Å². The van der Waals surface area contributed by atoms with Crippen LogP contribution in [0.2, 0.25) is 0 Å². The summed E-state index contributed by atoms with van der Waals surface area (Å²) in [5, 5.41) is 0. The van der Waals surface area contributed by atoms with E-state index in [1.165, 1.54) is 25.7 Å². The maximum atomic E-state index is 12.6. The molecule has 4 fully saturated rings. The highest BCUT2D eigenvalue weighted by atomic mass is 16.1. The minimum atomic E-state index is -0.0291. The van der Waals surface area contributed by atoms with Gasteiger partial charge < -0.3 is 0 Å². The van der Waals surface area contributed by atoms with E-state index in [1.807, 2.05) is 0 Å². The van der Waals surface area contributed by atoms with Crippen LogP contribution in [-0.2, 0) is 9.59 Å². The number of hydrogen-bond donors (Lipinski definition) is 0. The summed E-state index contributed by atoms with van der Waals surface area (Å²) in [6.07, 6.45) is 9.87. The first-order valence-corrected chi connectivity index (χ1v) is 9.94. The molecule has 4 rings (SSSR count). The average molecular weight is 316 g/mol. The zero-order chi connectivity index (χ0) is 16.4. The Labute approximate surface area is 140 Å². The van der Waals surface area contributed by atoms with Crippen LogP contribution in [0.1, 0.15) is 78.6 Å². The van der Waals surface area contributed by atoms with Gasteiger partial charge in [0.25, 0.3) is 0 Å². The van der Waals surface area contributed by atoms with Crippen LogP contribution in [0.15, 0.2) is 0 Å². The van der Waals surface area contributed by atoms with Gasteiger partial charge in [-0.2, -0.15) is 0 Å². The van der Waals surface area contributed by atoms with Crippen LogP contribution in [-0.4, -0.2) is 11.6 Å². The molecule has 0 unspecified atom stereocenters. The quantitative estimate of drug-likeness (QED) is 0.643. The second-order valence-corrected chi connectivity index (χ2v) is 9.59. The Bertz CT molecular complexity index is 538. The third kappa shape index (κ3) is 2.05. The lowest BCUT2D eigenvalue weighted by Crippen LogP contribution is -2.57. The van der Waals surface area contributed by atoms with Crippen molar-refractivity contribution >= 4 is 11.6 Å². The molecule has 0 saturated heterocycles. The van der Waals surface area contributed by atoms with E-state index >= 15 is 0 Å². The molecule has 23 heavy (non-hydrogen) atoms. The van der Waals surface area contributed by atoms with Crippen LogP contribution in [0.4, 0.5) is 0 Å². The fourth-order valence-corrected chi connectivity index (χ4v) is 7.49. The van der Waals surface area contributed by atoms with Gasteiger partial charge in [0.15, 0.2) is 0 Å². The highest BCUT2D eigenvalue weighted by Crippen LogP contribution is 2.65. The summed E-state index contributed by atoms with van der Waals surface area (Å²) in [7, 11) is 0. The fraction of sp³-hybridized carbons (Fsp3) is 0.905. The van der Waals surface area contributed by atoms with Gasteiger partial charge in [0.05, 0.1) is 0 Å². The molecule has 0 aliphatic heterocycles. The highest BCUT2D eigenvalue weighted by molar-refractivity contribution is 5.85. The monoisotopic (exact) mass is 316 g/mol. The van der Waals surface area contributed by atoms with Gasteiger partial charge in [0.2, 0.25) is 0 Å². The SMILES string of the molecule is C[C@@H]1C(=O)CC[C@]2(C)[C@H]3CC[C@]4(C)C(=O)CCC[C@H]4[C@@H]3CC[C@@H]12. The first-order valence-electron chi connectivity index (χ1n) is 9.94. The van der Waals surface area contributed by atoms with E-state index in [-0.39, 0.29) is 11.3 Å². The molecule has 128 valence electrons. The molecule has 4 aliphatic carbocycles. The Kier molecular flexibility index (Phi) is 3.56. The fourth-order valence-electron chi connectivity index (χ4n) is 7.49. The Balaban J connectivity index is 1.66. The first-order chi connectivity index (χ1) is 10.9. The van der Waals surface area contributed by atoms with Crippen molar-refractivity contribution in [1.29, 1.82) is 0 Å². The maximum Gasteiger partial charge on any atom is 0.139 e. The Morgan fingerprint density at radius 2 is 1.65 bits per heavy atom. The van der Waals surface area contributed by atoms with Crippen molar-refractivity contribution in [2.45, 2.75) is 78.6 Å². The lowest BCUT2D eigenvalue weighted by Gasteiger charge is -2.62. The van der Waals surface area contributed by atoms with Gasteiger partial charge in [-0.05, 0) is 74.0 Å². The van der Waals surface area contributed by atoms with Crippen molar-refractivity contribution in [3.8, 4) is 0 Å². The molecule has 0 spiro atoms. The summed E-state index contributed by atoms with van der Waals surface area (Å²) >= 11 is 0. The number of fused-ring (bicyclic) bond motifs is 5. The van der Waals surface area contributed by atoms with Crippen molar-refractivity contribution in [3.63, 3.8) is 0 Å². The van der Waals surface area contributed by atoms with E-state index in [1.54, 1.807) is 0 Å². The minimum absolute atomic E-state index is 0.0291. The van der Waals surface area contributed by atoms with E-state index < -0.39 is 0 Å². The predicted molar refractivity (Wildman–Crippen MR) is 90.9 cm³/mol. The lowest BCUT2D eigenvalue weighted by atomic mass is 9.42. The largest absolute Gasteiger partial charge is 0.299 e. The number of Topliss-reactive ketones (excluding diaryl/α,β-unsaturated/α-hetero) is 2. The van der Waals surface area contributed by atoms with Crippen molar-refractivity contribution in [1.82, 2.24) is 0 Å². The van der Waals surface area contributed by atoms with Crippen molar-refractivity contribution in [2.75, 3.05) is 0 Å². The molecule has 7 atom stereocenters. The molecule has 2 nitrogen and oxygen atoms in total. The molecular weight excluding hydrogens is 284 g/mol. The van der Waals surface area contributed by atoms with Crippen LogP contribution in [0.25, 0.3) is 0 Å². The molecule has 0 N–H and O–H groups in total. The van der Waals surface area contributed by atoms with E-state index in [9.17, 15) is 9.59 Å².